The lowest BCUT2D eigenvalue weighted by Gasteiger charge is -2.36. The molecule has 2 aliphatic carbocycles. The monoisotopic (exact) mass is 673 g/mol. The Morgan fingerprint density at radius 2 is 1.37 bits per heavy atom. The Hall–Kier alpha value is -5.99. The Morgan fingerprint density at radius 3 is 2.04 bits per heavy atom. The molecule has 2 aromatic heterocycles. The number of rotatable bonds is 10. The molecule has 5 aromatic rings. The van der Waals surface area contributed by atoms with Crippen molar-refractivity contribution in [3.63, 3.8) is 0 Å². The molecular weight excluding hydrogens is 638 g/mol. The molecule has 3 heterocycles. The number of esters is 1. The fraction of sp³-hybridized carbons (Fsp3) is 0.186. The number of benzene rings is 3. The van der Waals surface area contributed by atoms with Gasteiger partial charge in [0.1, 0.15) is 0 Å². The summed E-state index contributed by atoms with van der Waals surface area (Å²) in [5.74, 6) is -4.11. The summed E-state index contributed by atoms with van der Waals surface area (Å²) in [6.45, 7) is -0.457. The molecule has 252 valence electrons. The van der Waals surface area contributed by atoms with Crippen molar-refractivity contribution in [3.05, 3.63) is 185 Å². The van der Waals surface area contributed by atoms with E-state index in [1.807, 2.05) is 121 Å². The summed E-state index contributed by atoms with van der Waals surface area (Å²) < 4.78 is 5.54. The molecule has 8 rings (SSSR count). The van der Waals surface area contributed by atoms with E-state index < -0.39 is 53.8 Å². The minimum Gasteiger partial charge on any atom is -0.444 e. The van der Waals surface area contributed by atoms with Crippen LogP contribution in [0.1, 0.15) is 34.5 Å². The molecule has 1 saturated carbocycles. The molecule has 8 heteroatoms. The van der Waals surface area contributed by atoms with Gasteiger partial charge in [0, 0.05) is 36.2 Å². The van der Waals surface area contributed by atoms with Gasteiger partial charge in [0.2, 0.25) is 11.8 Å². The first-order valence-electron chi connectivity index (χ1n) is 17.1. The molecule has 1 N–H and O–H groups in total. The van der Waals surface area contributed by atoms with Crippen molar-refractivity contribution in [1.29, 1.82) is 0 Å². The Kier molecular flexibility index (Phi) is 8.45. The highest BCUT2D eigenvalue weighted by molar-refractivity contribution is 6.08. The van der Waals surface area contributed by atoms with Crippen LogP contribution in [0.5, 0.6) is 0 Å². The van der Waals surface area contributed by atoms with E-state index in [1.54, 1.807) is 24.5 Å². The van der Waals surface area contributed by atoms with Crippen LogP contribution in [-0.4, -0.2) is 44.5 Å². The van der Waals surface area contributed by atoms with Crippen LogP contribution in [0.25, 0.3) is 5.57 Å². The molecule has 1 saturated heterocycles. The number of aryl methyl sites for hydroxylation is 1. The molecule has 0 radical (unpaired) electrons. The lowest BCUT2D eigenvalue weighted by atomic mass is 9.71. The largest absolute Gasteiger partial charge is 0.444 e. The van der Waals surface area contributed by atoms with Crippen LogP contribution < -0.4 is 0 Å². The molecule has 2 amide bonds. The van der Waals surface area contributed by atoms with Gasteiger partial charge in [-0.2, -0.15) is 0 Å². The maximum absolute atomic E-state index is 14.5. The number of likely N-dealkylation sites (tertiary alicyclic amines) is 1. The van der Waals surface area contributed by atoms with Crippen LogP contribution in [0.15, 0.2) is 157 Å². The Bertz CT molecular complexity index is 2060. The minimum atomic E-state index is -1.72. The number of nitrogens with zero attached hydrogens (tertiary/aromatic N) is 3. The average molecular weight is 674 g/mol. The summed E-state index contributed by atoms with van der Waals surface area (Å²) in [6, 6.07) is 39.8. The number of carbonyl (C=O) groups excluding carboxylic acids is 3. The highest BCUT2D eigenvalue weighted by atomic mass is 16.5. The van der Waals surface area contributed by atoms with E-state index in [4.69, 9.17) is 9.72 Å². The number of ether oxygens (including phenoxy) is 1. The summed E-state index contributed by atoms with van der Waals surface area (Å²) in [5, 5.41) is 13.0. The first-order valence-corrected chi connectivity index (χ1v) is 17.1. The second-order valence-corrected chi connectivity index (χ2v) is 13.1. The predicted octanol–water partition coefficient (Wildman–Crippen LogP) is 6.14. The van der Waals surface area contributed by atoms with Crippen LogP contribution in [0, 0.1) is 23.7 Å². The van der Waals surface area contributed by atoms with Crippen molar-refractivity contribution in [2.75, 3.05) is 6.73 Å². The third-order valence-corrected chi connectivity index (χ3v) is 10.4. The lowest BCUT2D eigenvalue weighted by Crippen LogP contribution is -2.39. The molecule has 2 bridgehead atoms. The van der Waals surface area contributed by atoms with Gasteiger partial charge in [-0.1, -0.05) is 109 Å². The molecule has 3 aromatic carbocycles. The predicted molar refractivity (Wildman–Crippen MR) is 190 cm³/mol. The second-order valence-electron chi connectivity index (χ2n) is 13.1. The van der Waals surface area contributed by atoms with Gasteiger partial charge in [-0.15, -0.1) is 0 Å². The molecule has 5 atom stereocenters. The van der Waals surface area contributed by atoms with Gasteiger partial charge in [0.05, 0.1) is 23.2 Å². The summed E-state index contributed by atoms with van der Waals surface area (Å²) in [7, 11) is 0. The van der Waals surface area contributed by atoms with Crippen LogP contribution in [0.4, 0.5) is 0 Å². The van der Waals surface area contributed by atoms with E-state index >= 15 is 0 Å². The van der Waals surface area contributed by atoms with Gasteiger partial charge >= 0.3 is 5.97 Å². The quantitative estimate of drug-likeness (QED) is 0.108. The maximum atomic E-state index is 14.5. The molecule has 8 nitrogen and oxygen atoms in total. The van der Waals surface area contributed by atoms with Crippen molar-refractivity contribution in [2.45, 2.75) is 18.4 Å². The van der Waals surface area contributed by atoms with Crippen LogP contribution in [-0.2, 0) is 31.1 Å². The third kappa shape index (κ3) is 5.58. The topological polar surface area (TPSA) is 110 Å². The summed E-state index contributed by atoms with van der Waals surface area (Å²) >= 11 is 0. The Labute approximate surface area is 295 Å². The summed E-state index contributed by atoms with van der Waals surface area (Å²) in [5.41, 5.74) is 4.14. The van der Waals surface area contributed by atoms with Gasteiger partial charge < -0.3 is 9.84 Å². The molecule has 1 aliphatic heterocycles. The zero-order chi connectivity index (χ0) is 35.0. The first kappa shape index (κ1) is 32.2. The number of hydrogen-bond donors (Lipinski definition) is 1. The average Bonchev–Trinajstić information content (AvgIpc) is 3.80. The standard InChI is InChI=1S/C43H35N3O5/c47-35(23-22-28-14-4-1-5-15-28)51-27-46-41(48)38-31-26-32(43(50,30-18-8-3-9-19-30)34-21-11-13-25-45-34)39(40(38)42(46)49)37(31)36(29-16-6-2-7-17-29)33-20-10-12-24-44-33/h1-21,24-26,31,38-40,50H,22-23,27H2. The maximum Gasteiger partial charge on any atom is 0.307 e. The number of aliphatic hydroxyl groups is 1. The summed E-state index contributed by atoms with van der Waals surface area (Å²) in [4.78, 5) is 52.0. The fourth-order valence-corrected chi connectivity index (χ4v) is 8.14. The highest BCUT2D eigenvalue weighted by Gasteiger charge is 2.67. The molecule has 2 fully saturated rings. The smallest absolute Gasteiger partial charge is 0.307 e. The number of pyridine rings is 2. The van der Waals surface area contributed by atoms with E-state index in [2.05, 4.69) is 4.98 Å². The van der Waals surface area contributed by atoms with Crippen LogP contribution in [0.2, 0.25) is 0 Å². The zero-order valence-electron chi connectivity index (χ0n) is 27.7. The minimum absolute atomic E-state index is 0.121. The van der Waals surface area contributed by atoms with Gasteiger partial charge in [-0.05, 0) is 58.5 Å². The van der Waals surface area contributed by atoms with E-state index in [1.165, 1.54) is 0 Å². The van der Waals surface area contributed by atoms with Gasteiger partial charge in [-0.3, -0.25) is 24.4 Å². The third-order valence-electron chi connectivity index (χ3n) is 10.4. The fourth-order valence-electron chi connectivity index (χ4n) is 8.14. The zero-order valence-corrected chi connectivity index (χ0v) is 27.7. The van der Waals surface area contributed by atoms with Gasteiger partial charge in [-0.25, -0.2) is 4.90 Å². The van der Waals surface area contributed by atoms with E-state index in [0.717, 1.165) is 27.2 Å². The SMILES string of the molecule is O=C(CCc1ccccc1)OCN1C(=O)C2C3C=C(C(O)(c4ccccc4)c4ccccn4)C(C3=C(c3ccccc3)c3ccccn3)C2C1=O. The number of aromatic nitrogens is 2. The molecular formula is C43H35N3O5. The molecule has 51 heavy (non-hydrogen) atoms. The number of hydrogen-bond acceptors (Lipinski definition) is 7. The van der Waals surface area contributed by atoms with Crippen molar-refractivity contribution in [2.24, 2.45) is 23.7 Å². The van der Waals surface area contributed by atoms with Crippen LogP contribution >= 0.6 is 0 Å². The normalized spacial score (nSPS) is 22.7. The van der Waals surface area contributed by atoms with E-state index in [9.17, 15) is 19.5 Å². The van der Waals surface area contributed by atoms with E-state index in [-0.39, 0.29) is 6.42 Å². The number of amides is 2. The number of allylic oxidation sites excluding steroid dienone is 2. The van der Waals surface area contributed by atoms with Crippen molar-refractivity contribution in [3.8, 4) is 0 Å². The van der Waals surface area contributed by atoms with Gasteiger partial charge in [0.25, 0.3) is 0 Å². The highest BCUT2D eigenvalue weighted by Crippen LogP contribution is 2.64. The van der Waals surface area contributed by atoms with Crippen molar-refractivity contribution >= 4 is 23.4 Å². The number of imide groups is 1. The first-order chi connectivity index (χ1) is 25.0. The number of fused-ring (bicyclic) bond motifs is 5. The van der Waals surface area contributed by atoms with Gasteiger partial charge in [0.15, 0.2) is 12.3 Å². The summed E-state index contributed by atoms with van der Waals surface area (Å²) in [6.07, 6.45) is 5.94. The Morgan fingerprint density at radius 1 is 0.745 bits per heavy atom. The van der Waals surface area contributed by atoms with Crippen molar-refractivity contribution < 1.29 is 24.2 Å². The van der Waals surface area contributed by atoms with Crippen LogP contribution in [0.3, 0.4) is 0 Å². The Balaban J connectivity index is 1.22. The van der Waals surface area contributed by atoms with E-state index in [0.29, 0.717) is 28.9 Å². The lowest BCUT2D eigenvalue weighted by molar-refractivity contribution is -0.156. The number of carbonyl (C=O) groups is 3. The second kappa shape index (κ2) is 13.4. The molecule has 3 aliphatic rings. The van der Waals surface area contributed by atoms with Crippen molar-refractivity contribution in [1.82, 2.24) is 14.9 Å². The molecule has 5 unspecified atom stereocenters. The molecule has 0 spiro atoms.